The zero-order valence-corrected chi connectivity index (χ0v) is 10.3. The van der Waals surface area contributed by atoms with Crippen LogP contribution in [-0.2, 0) is 11.2 Å². The van der Waals surface area contributed by atoms with Crippen molar-refractivity contribution in [1.29, 1.82) is 0 Å². The Hall–Kier alpha value is -1.55. The Balaban J connectivity index is 1.66. The predicted octanol–water partition coefficient (Wildman–Crippen LogP) is 0.864. The van der Waals surface area contributed by atoms with Crippen LogP contribution in [0.15, 0.2) is 24.3 Å². The van der Waals surface area contributed by atoms with Crippen LogP contribution in [0.1, 0.15) is 12.0 Å². The van der Waals surface area contributed by atoms with E-state index in [1.54, 1.807) is 0 Å². The molecular formula is C14H18N2O2. The minimum Gasteiger partial charge on any atom is -0.396 e. The molecule has 1 aromatic carbocycles. The zero-order chi connectivity index (χ0) is 12.5. The Morgan fingerprint density at radius 1 is 1.44 bits per heavy atom. The lowest BCUT2D eigenvalue weighted by Crippen LogP contribution is -2.41. The van der Waals surface area contributed by atoms with Crippen molar-refractivity contribution in [3.05, 3.63) is 29.8 Å². The molecule has 3 rings (SSSR count). The number of para-hydroxylation sites is 1. The number of aliphatic hydroxyl groups excluding tert-OH is 1. The molecule has 2 atom stereocenters. The van der Waals surface area contributed by atoms with E-state index in [2.05, 4.69) is 11.4 Å². The molecule has 0 aliphatic carbocycles. The van der Waals surface area contributed by atoms with Crippen LogP contribution >= 0.6 is 0 Å². The zero-order valence-electron chi connectivity index (χ0n) is 10.3. The number of fused-ring (bicyclic) bond motifs is 1. The van der Waals surface area contributed by atoms with Crippen LogP contribution in [0.5, 0.6) is 0 Å². The van der Waals surface area contributed by atoms with E-state index in [-0.39, 0.29) is 24.5 Å². The number of carbonyl (C=O) groups excluding carboxylic acids is 1. The summed E-state index contributed by atoms with van der Waals surface area (Å²) in [6.45, 7) is 1.66. The maximum atomic E-state index is 12.4. The number of anilines is 1. The molecule has 2 aliphatic heterocycles. The predicted molar refractivity (Wildman–Crippen MR) is 69.3 cm³/mol. The number of nitrogens with one attached hydrogen (secondary N) is 1. The van der Waals surface area contributed by atoms with Gasteiger partial charge < -0.3 is 15.3 Å². The Morgan fingerprint density at radius 2 is 2.28 bits per heavy atom. The van der Waals surface area contributed by atoms with Crippen LogP contribution in [0, 0.1) is 5.92 Å². The van der Waals surface area contributed by atoms with Gasteiger partial charge in [0.25, 0.3) is 0 Å². The van der Waals surface area contributed by atoms with E-state index in [4.69, 9.17) is 5.11 Å². The maximum Gasteiger partial charge on any atom is 0.245 e. The topological polar surface area (TPSA) is 52.6 Å². The number of benzene rings is 1. The molecular weight excluding hydrogens is 228 g/mol. The van der Waals surface area contributed by atoms with Gasteiger partial charge in [-0.25, -0.2) is 0 Å². The molecule has 0 radical (unpaired) electrons. The van der Waals surface area contributed by atoms with Crippen molar-refractivity contribution in [2.45, 2.75) is 18.9 Å². The van der Waals surface area contributed by atoms with E-state index in [9.17, 15) is 4.79 Å². The van der Waals surface area contributed by atoms with Crippen molar-refractivity contribution in [2.75, 3.05) is 25.0 Å². The number of aliphatic hydroxyl groups is 1. The summed E-state index contributed by atoms with van der Waals surface area (Å²) in [5, 5.41) is 12.4. The van der Waals surface area contributed by atoms with Gasteiger partial charge in [-0.1, -0.05) is 18.2 Å². The Kier molecular flexibility index (Phi) is 2.96. The van der Waals surface area contributed by atoms with Gasteiger partial charge in [0, 0.05) is 37.7 Å². The molecule has 2 aliphatic rings. The first-order chi connectivity index (χ1) is 8.78. The molecule has 0 spiro atoms. The van der Waals surface area contributed by atoms with Gasteiger partial charge in [0.15, 0.2) is 0 Å². The summed E-state index contributed by atoms with van der Waals surface area (Å²) >= 11 is 0. The molecule has 1 fully saturated rings. The summed E-state index contributed by atoms with van der Waals surface area (Å²) in [6, 6.07) is 7.94. The van der Waals surface area contributed by atoms with E-state index in [0.717, 1.165) is 25.1 Å². The number of rotatable bonds is 2. The highest BCUT2D eigenvalue weighted by atomic mass is 16.3. The highest BCUT2D eigenvalue weighted by Gasteiger charge is 2.33. The number of amides is 1. The Bertz CT molecular complexity index is 436. The molecule has 1 aromatic rings. The summed E-state index contributed by atoms with van der Waals surface area (Å²) < 4.78 is 0. The number of nitrogens with zero attached hydrogens (tertiary/aromatic N) is 1. The van der Waals surface area contributed by atoms with Gasteiger partial charge in [-0.15, -0.1) is 0 Å². The fraction of sp³-hybridized carbons (Fsp3) is 0.500. The van der Waals surface area contributed by atoms with E-state index in [1.165, 1.54) is 5.56 Å². The van der Waals surface area contributed by atoms with Gasteiger partial charge in [0.1, 0.15) is 6.04 Å². The third-order valence-corrected chi connectivity index (χ3v) is 3.92. The average molecular weight is 246 g/mol. The van der Waals surface area contributed by atoms with Gasteiger partial charge >= 0.3 is 0 Å². The standard InChI is InChI=1S/C14H18N2O2/c17-9-10-5-6-16(8-10)14(18)13-7-11-3-1-2-4-12(11)15-13/h1-4,10,13,15,17H,5-9H2. The van der Waals surface area contributed by atoms with Crippen LogP contribution in [0.2, 0.25) is 0 Å². The third-order valence-electron chi connectivity index (χ3n) is 3.92. The number of carbonyl (C=O) groups is 1. The molecule has 4 nitrogen and oxygen atoms in total. The molecule has 96 valence electrons. The third kappa shape index (κ3) is 1.97. The molecule has 0 saturated carbocycles. The van der Waals surface area contributed by atoms with Crippen molar-refractivity contribution < 1.29 is 9.90 Å². The fourth-order valence-corrected chi connectivity index (χ4v) is 2.85. The molecule has 0 aromatic heterocycles. The van der Waals surface area contributed by atoms with Gasteiger partial charge in [0.05, 0.1) is 0 Å². The largest absolute Gasteiger partial charge is 0.396 e. The van der Waals surface area contributed by atoms with Crippen molar-refractivity contribution in [2.24, 2.45) is 5.92 Å². The lowest BCUT2D eigenvalue weighted by molar-refractivity contribution is -0.131. The second-order valence-corrected chi connectivity index (χ2v) is 5.18. The Morgan fingerprint density at radius 3 is 3.00 bits per heavy atom. The van der Waals surface area contributed by atoms with E-state index >= 15 is 0 Å². The highest BCUT2D eigenvalue weighted by molar-refractivity contribution is 5.87. The van der Waals surface area contributed by atoms with Crippen molar-refractivity contribution in [1.82, 2.24) is 4.90 Å². The molecule has 2 unspecified atom stereocenters. The van der Waals surface area contributed by atoms with E-state index in [1.807, 2.05) is 23.1 Å². The number of hydrogen-bond donors (Lipinski definition) is 2. The smallest absolute Gasteiger partial charge is 0.245 e. The minimum absolute atomic E-state index is 0.125. The van der Waals surface area contributed by atoms with Gasteiger partial charge in [-0.05, 0) is 18.1 Å². The number of hydrogen-bond acceptors (Lipinski definition) is 3. The van der Waals surface area contributed by atoms with E-state index < -0.39 is 0 Å². The van der Waals surface area contributed by atoms with Crippen molar-refractivity contribution >= 4 is 11.6 Å². The SMILES string of the molecule is O=C(C1Cc2ccccc2N1)N1CCC(CO)C1. The second kappa shape index (κ2) is 4.61. The quantitative estimate of drug-likeness (QED) is 0.814. The average Bonchev–Trinajstić information content (AvgIpc) is 3.04. The fourth-order valence-electron chi connectivity index (χ4n) is 2.85. The first-order valence-electron chi connectivity index (χ1n) is 6.52. The molecule has 1 saturated heterocycles. The summed E-state index contributed by atoms with van der Waals surface area (Å²) in [7, 11) is 0. The van der Waals surface area contributed by atoms with Gasteiger partial charge in [-0.3, -0.25) is 4.79 Å². The monoisotopic (exact) mass is 246 g/mol. The van der Waals surface area contributed by atoms with Crippen LogP contribution in [0.25, 0.3) is 0 Å². The molecule has 2 heterocycles. The molecule has 0 bridgehead atoms. The summed E-state index contributed by atoms with van der Waals surface area (Å²) in [5.74, 6) is 0.430. The minimum atomic E-state index is -0.125. The molecule has 1 amide bonds. The first kappa shape index (κ1) is 11.5. The Labute approximate surface area is 107 Å². The molecule has 2 N–H and O–H groups in total. The summed E-state index contributed by atoms with van der Waals surface area (Å²) in [4.78, 5) is 14.2. The number of likely N-dealkylation sites (tertiary alicyclic amines) is 1. The maximum absolute atomic E-state index is 12.4. The first-order valence-corrected chi connectivity index (χ1v) is 6.52. The second-order valence-electron chi connectivity index (χ2n) is 5.18. The lowest BCUT2D eigenvalue weighted by atomic mass is 10.1. The van der Waals surface area contributed by atoms with Crippen molar-refractivity contribution in [3.8, 4) is 0 Å². The summed E-state index contributed by atoms with van der Waals surface area (Å²) in [5.41, 5.74) is 2.29. The van der Waals surface area contributed by atoms with Crippen LogP contribution < -0.4 is 5.32 Å². The highest BCUT2D eigenvalue weighted by Crippen LogP contribution is 2.27. The van der Waals surface area contributed by atoms with Crippen LogP contribution in [0.4, 0.5) is 5.69 Å². The lowest BCUT2D eigenvalue weighted by Gasteiger charge is -2.20. The van der Waals surface area contributed by atoms with Crippen LogP contribution in [-0.4, -0.2) is 41.7 Å². The molecule has 4 heteroatoms. The summed E-state index contributed by atoms with van der Waals surface area (Å²) in [6.07, 6.45) is 1.69. The normalized spacial score (nSPS) is 25.9. The molecule has 18 heavy (non-hydrogen) atoms. The van der Waals surface area contributed by atoms with Gasteiger partial charge in [0.2, 0.25) is 5.91 Å². The van der Waals surface area contributed by atoms with Crippen molar-refractivity contribution in [3.63, 3.8) is 0 Å². The van der Waals surface area contributed by atoms with Gasteiger partial charge in [-0.2, -0.15) is 0 Å². The van der Waals surface area contributed by atoms with E-state index in [0.29, 0.717) is 6.54 Å². The van der Waals surface area contributed by atoms with Crippen LogP contribution in [0.3, 0.4) is 0 Å².